The maximum absolute atomic E-state index is 12.3. The fourth-order valence-electron chi connectivity index (χ4n) is 7.08. The van der Waals surface area contributed by atoms with Gasteiger partial charge in [0.15, 0.2) is 5.78 Å². The van der Waals surface area contributed by atoms with Crippen LogP contribution in [0.15, 0.2) is 23.8 Å². The summed E-state index contributed by atoms with van der Waals surface area (Å²) in [6.45, 7) is 7.65. The highest BCUT2D eigenvalue weighted by atomic mass is 16.5. The molecule has 0 amide bonds. The zero-order valence-electron chi connectivity index (χ0n) is 16.8. The minimum absolute atomic E-state index is 0.0487. The van der Waals surface area contributed by atoms with Crippen molar-refractivity contribution in [3.05, 3.63) is 23.8 Å². The number of rotatable bonds is 2. The maximum atomic E-state index is 12.3. The van der Waals surface area contributed by atoms with Gasteiger partial charge in [-0.05, 0) is 66.9 Å². The fourth-order valence-corrected chi connectivity index (χ4v) is 7.08. The van der Waals surface area contributed by atoms with Gasteiger partial charge < -0.3 is 4.74 Å². The van der Waals surface area contributed by atoms with Crippen LogP contribution in [-0.4, -0.2) is 23.6 Å². The van der Waals surface area contributed by atoms with E-state index in [1.54, 1.807) is 13.0 Å². The second-order valence-corrected chi connectivity index (χ2v) is 9.65. The molecule has 4 aliphatic carbocycles. The quantitative estimate of drug-likeness (QED) is 0.688. The molecule has 0 N–H and O–H groups in total. The van der Waals surface area contributed by atoms with Gasteiger partial charge in [0.25, 0.3) is 0 Å². The Bertz CT molecular complexity index is 762. The minimum Gasteiger partial charge on any atom is -0.462 e. The van der Waals surface area contributed by atoms with E-state index >= 15 is 0 Å². The van der Waals surface area contributed by atoms with Crippen LogP contribution in [0.3, 0.4) is 0 Å². The average molecular weight is 370 g/mol. The second kappa shape index (κ2) is 6.15. The summed E-state index contributed by atoms with van der Waals surface area (Å²) < 4.78 is 5.91. The molecule has 0 saturated heterocycles. The molecular weight excluding hydrogens is 340 g/mol. The van der Waals surface area contributed by atoms with E-state index < -0.39 is 0 Å². The molecule has 4 heteroatoms. The number of hydrogen-bond donors (Lipinski definition) is 0. The third kappa shape index (κ3) is 2.67. The van der Waals surface area contributed by atoms with Crippen LogP contribution >= 0.6 is 0 Å². The van der Waals surface area contributed by atoms with Crippen molar-refractivity contribution >= 4 is 17.5 Å². The average Bonchev–Trinajstić information content (AvgIpc) is 2.91. The Balaban J connectivity index is 1.81. The van der Waals surface area contributed by atoms with Gasteiger partial charge in [-0.25, -0.2) is 0 Å². The molecule has 27 heavy (non-hydrogen) atoms. The molecule has 0 radical (unpaired) electrons. The normalized spacial score (nSPS) is 45.4. The van der Waals surface area contributed by atoms with Gasteiger partial charge in [-0.2, -0.15) is 0 Å². The first kappa shape index (κ1) is 18.6. The highest BCUT2D eigenvalue weighted by Gasteiger charge is 2.62. The lowest BCUT2D eigenvalue weighted by molar-refractivity contribution is -0.169. The first-order chi connectivity index (χ1) is 12.7. The lowest BCUT2D eigenvalue weighted by Gasteiger charge is -2.58. The molecule has 0 aliphatic heterocycles. The Hall–Kier alpha value is -1.71. The third-order valence-electron chi connectivity index (χ3n) is 8.24. The summed E-state index contributed by atoms with van der Waals surface area (Å²) in [7, 11) is 0. The van der Waals surface area contributed by atoms with Gasteiger partial charge in [-0.15, -0.1) is 0 Å². The Morgan fingerprint density at radius 1 is 1.19 bits per heavy atom. The Morgan fingerprint density at radius 2 is 1.93 bits per heavy atom. The predicted molar refractivity (Wildman–Crippen MR) is 102 cm³/mol. The Morgan fingerprint density at radius 3 is 2.59 bits per heavy atom. The number of fused-ring (bicyclic) bond motifs is 5. The maximum Gasteiger partial charge on any atom is 0.302 e. The summed E-state index contributed by atoms with van der Waals surface area (Å²) in [5.74, 6) is 1.13. The smallest absolute Gasteiger partial charge is 0.302 e. The van der Waals surface area contributed by atoms with Crippen LogP contribution in [0.1, 0.15) is 59.8 Å². The standard InChI is InChI=1S/C23H30O4/c1-13(24)18-7-8-19-17-6-5-15-11-16(26)9-10-22(15,3)21(17)20(27-14(2)25)12-23(18,19)4/h5-6,11,17-21H,7-10,12H2,1-4H3/t17-,18+,19-,20?,21+,22-,23+/m0/s1. The molecular formula is C23H30O4. The molecule has 0 spiro atoms. The Labute approximate surface area is 161 Å². The summed E-state index contributed by atoms with van der Waals surface area (Å²) >= 11 is 0. The topological polar surface area (TPSA) is 60.4 Å². The number of ether oxygens (including phenoxy) is 1. The Kier molecular flexibility index (Phi) is 4.25. The molecule has 4 nitrogen and oxygen atoms in total. The first-order valence-electron chi connectivity index (χ1n) is 10.3. The van der Waals surface area contributed by atoms with Crippen molar-refractivity contribution in [3.63, 3.8) is 0 Å². The molecule has 0 aromatic heterocycles. The number of carbonyl (C=O) groups excluding carboxylic acids is 3. The van der Waals surface area contributed by atoms with E-state index in [1.165, 1.54) is 6.92 Å². The number of esters is 1. The van der Waals surface area contributed by atoms with Crippen LogP contribution in [0.4, 0.5) is 0 Å². The van der Waals surface area contributed by atoms with Crippen LogP contribution in [0, 0.1) is 34.5 Å². The highest BCUT2D eigenvalue weighted by Crippen LogP contribution is 2.65. The number of Topliss-reactive ketones (excluding diaryl/α,β-unsaturated/α-hetero) is 1. The van der Waals surface area contributed by atoms with Gasteiger partial charge in [0.2, 0.25) is 0 Å². The molecule has 0 aromatic rings. The molecule has 7 atom stereocenters. The molecule has 0 aromatic carbocycles. The number of ketones is 2. The van der Waals surface area contributed by atoms with Crippen molar-refractivity contribution in [1.29, 1.82) is 0 Å². The molecule has 0 heterocycles. The monoisotopic (exact) mass is 370 g/mol. The summed E-state index contributed by atoms with van der Waals surface area (Å²) in [5.41, 5.74) is 0.810. The SMILES string of the molecule is CC(=O)OC1C[C@]2(C)[C@@H](C(C)=O)CC[C@H]2[C@@H]2C=CC3=CC(=O)CC[C@]3(C)[C@@H]12. The van der Waals surface area contributed by atoms with Gasteiger partial charge in [0.1, 0.15) is 11.9 Å². The van der Waals surface area contributed by atoms with Crippen molar-refractivity contribution in [2.75, 3.05) is 0 Å². The van der Waals surface area contributed by atoms with E-state index in [4.69, 9.17) is 4.74 Å². The van der Waals surface area contributed by atoms with E-state index in [2.05, 4.69) is 26.0 Å². The second-order valence-electron chi connectivity index (χ2n) is 9.65. The highest BCUT2D eigenvalue weighted by molar-refractivity contribution is 5.92. The number of allylic oxidation sites excluding steroid dienone is 4. The van der Waals surface area contributed by atoms with Gasteiger partial charge in [-0.1, -0.05) is 26.0 Å². The molecule has 2 saturated carbocycles. The zero-order valence-corrected chi connectivity index (χ0v) is 16.8. The van der Waals surface area contributed by atoms with Crippen LogP contribution in [0.25, 0.3) is 0 Å². The van der Waals surface area contributed by atoms with Gasteiger partial charge in [0.05, 0.1) is 0 Å². The van der Waals surface area contributed by atoms with E-state index in [9.17, 15) is 14.4 Å². The van der Waals surface area contributed by atoms with Crippen LogP contribution in [0.2, 0.25) is 0 Å². The molecule has 1 unspecified atom stereocenters. The lowest BCUT2D eigenvalue weighted by atomic mass is 9.47. The van der Waals surface area contributed by atoms with Crippen molar-refractivity contribution in [1.82, 2.24) is 0 Å². The summed E-state index contributed by atoms with van der Waals surface area (Å²) in [4.78, 5) is 36.3. The van der Waals surface area contributed by atoms with Gasteiger partial charge in [0, 0.05) is 25.2 Å². The van der Waals surface area contributed by atoms with E-state index in [0.717, 1.165) is 31.3 Å². The van der Waals surface area contributed by atoms with Gasteiger partial charge >= 0.3 is 5.97 Å². The molecule has 4 aliphatic rings. The summed E-state index contributed by atoms with van der Waals surface area (Å²) in [5, 5.41) is 0. The molecule has 2 fully saturated rings. The van der Waals surface area contributed by atoms with Crippen molar-refractivity contribution in [2.45, 2.75) is 65.9 Å². The van der Waals surface area contributed by atoms with Crippen molar-refractivity contribution in [3.8, 4) is 0 Å². The third-order valence-corrected chi connectivity index (χ3v) is 8.24. The first-order valence-corrected chi connectivity index (χ1v) is 10.3. The van der Waals surface area contributed by atoms with Crippen molar-refractivity contribution in [2.24, 2.45) is 34.5 Å². The van der Waals surface area contributed by atoms with Crippen LogP contribution < -0.4 is 0 Å². The van der Waals surface area contributed by atoms with Gasteiger partial charge in [-0.3, -0.25) is 14.4 Å². The largest absolute Gasteiger partial charge is 0.462 e. The number of carbonyl (C=O) groups is 3. The van der Waals surface area contributed by atoms with Crippen LogP contribution in [-0.2, 0) is 19.1 Å². The zero-order chi connectivity index (χ0) is 19.6. The predicted octanol–water partition coefficient (Wildman–Crippen LogP) is 4.04. The fraction of sp³-hybridized carbons (Fsp3) is 0.696. The van der Waals surface area contributed by atoms with Crippen LogP contribution in [0.5, 0.6) is 0 Å². The lowest BCUT2D eigenvalue weighted by Crippen LogP contribution is -2.56. The summed E-state index contributed by atoms with van der Waals surface area (Å²) in [6, 6.07) is 0. The van der Waals surface area contributed by atoms with Crippen molar-refractivity contribution < 1.29 is 19.1 Å². The van der Waals surface area contributed by atoms with E-state index in [0.29, 0.717) is 12.3 Å². The minimum atomic E-state index is -0.256. The number of hydrogen-bond acceptors (Lipinski definition) is 4. The summed E-state index contributed by atoms with van der Waals surface area (Å²) in [6.07, 6.45) is 10.1. The van der Waals surface area contributed by atoms with E-state index in [-0.39, 0.29) is 52.2 Å². The molecule has 0 bridgehead atoms. The molecule has 146 valence electrons. The molecule has 4 rings (SSSR count). The van der Waals surface area contributed by atoms with E-state index in [1.807, 2.05) is 0 Å².